The molecule has 0 unspecified atom stereocenters. The third-order valence-electron chi connectivity index (χ3n) is 17.9. The molecule has 0 saturated carbocycles. The van der Waals surface area contributed by atoms with E-state index in [1.54, 1.807) is 0 Å². The summed E-state index contributed by atoms with van der Waals surface area (Å²) >= 11 is 0. The number of benzene rings is 1. The summed E-state index contributed by atoms with van der Waals surface area (Å²) in [5, 5.41) is 154. The van der Waals surface area contributed by atoms with E-state index in [0.717, 1.165) is 33.7 Å². The van der Waals surface area contributed by atoms with Gasteiger partial charge in [0.05, 0.1) is 24.7 Å². The first-order chi connectivity index (χ1) is 57.9. The van der Waals surface area contributed by atoms with Crippen LogP contribution in [0.5, 0.6) is 5.75 Å². The lowest BCUT2D eigenvalue weighted by molar-refractivity contribution is -0.384. The smallest absolute Gasteiger partial charge is 0.397 e. The molecule has 0 radical (unpaired) electrons. The van der Waals surface area contributed by atoms with Gasteiger partial charge in [-0.3, -0.25) is 51.1 Å². The molecule has 7 fully saturated rings. The Balaban J connectivity index is 1.17. The van der Waals surface area contributed by atoms with Crippen molar-refractivity contribution < 1.29 is 299 Å². The van der Waals surface area contributed by atoms with Crippen molar-refractivity contribution in [2.24, 2.45) is 0 Å². The van der Waals surface area contributed by atoms with Crippen LogP contribution in [-0.2, 0) is 199 Å². The van der Waals surface area contributed by atoms with Crippen LogP contribution in [-0.4, -0.2) is 446 Å². The minimum Gasteiger partial charge on any atom is -0.479 e. The van der Waals surface area contributed by atoms with Crippen molar-refractivity contribution in [3.8, 4) is 5.75 Å². The van der Waals surface area contributed by atoms with Gasteiger partial charge in [-0.2, -0.15) is 89.9 Å². The van der Waals surface area contributed by atoms with Crippen LogP contribution in [0.3, 0.4) is 0 Å². The molecular weight excluding hydrogens is 1980 g/mol. The van der Waals surface area contributed by atoms with Gasteiger partial charge in [0, 0.05) is 12.1 Å². The third-order valence-corrected chi connectivity index (χ3v) is 22.3. The Labute approximate surface area is 707 Å². The van der Waals surface area contributed by atoms with Crippen molar-refractivity contribution in [3.05, 3.63) is 34.4 Å². The Morgan fingerprint density at radius 3 is 0.945 bits per heavy atom. The number of rotatable bonds is 40. The number of hydrogen-bond acceptors (Lipinski definition) is 53. The molecular formula is C48H70N4O66S9. The summed E-state index contributed by atoms with van der Waals surface area (Å²) in [6.45, 7) is -6.08. The molecule has 70 nitrogen and oxygen atoms in total. The normalized spacial score (nSPS) is 38.4. The SMILES string of the molecule is O=C(O)[C@H]1O[C@@H](O[C@H]2[C@H](O)[C@@H](NS(=O)(=O)O)[C@@H](O[C@@H]3[C@H](O)[C@@H](OS(=O)(=O)O)[C@H](O[C@H]4[C@H](OS(=O)(=O)O)[C@@H](NS(=O)(=O)O)[C@@H](O[C@H]5[C@H](O)[C@@H](OS(=O)(=O)O)[C@H](O[C@@H]6[C@H](O)[C@@H](NS(=O)(=O)O)[C@@H](O[C@H]7[C@H](O)[C@@H](O)[C@H](Oc8ccc([N+](=O)[O-])cc8)O[C@@H]7C(=O)O)O[C@@H]6COS(=O)(=O)O)O[C@@H]5C(=O)O)O[C@@H]4COS(=O)(=O)O)O[C@H]3C(=O)O)O[C@@H]2COS(=O)(=O)O)[C@H](O)[C@@H](O)[C@@H]1O. The van der Waals surface area contributed by atoms with Crippen LogP contribution in [0.2, 0.25) is 0 Å². The molecule has 79 heteroatoms. The predicted octanol–water partition coefficient (Wildman–Crippen LogP) is -16.7. The molecule has 35 atom stereocenters. The summed E-state index contributed by atoms with van der Waals surface area (Å²) in [5.74, 6) is -10.2. The summed E-state index contributed by atoms with van der Waals surface area (Å²) in [5.41, 5.74) is -0.553. The van der Waals surface area contributed by atoms with E-state index < -0.39 is 368 Å². The number of carbonyl (C=O) groups is 4. The number of aliphatic hydroxyl groups excluding tert-OH is 9. The second-order valence-electron chi connectivity index (χ2n) is 26.5. The first kappa shape index (κ1) is 107. The van der Waals surface area contributed by atoms with E-state index in [-0.39, 0.29) is 0 Å². The molecule has 7 aliphatic heterocycles. The van der Waals surface area contributed by atoms with Gasteiger partial charge in [0.1, 0.15) is 140 Å². The monoisotopic (exact) mass is 2050 g/mol. The third kappa shape index (κ3) is 29.1. The topological polar surface area (TPSA) is 1080 Å². The molecule has 732 valence electrons. The van der Waals surface area contributed by atoms with Crippen LogP contribution in [0.25, 0.3) is 0 Å². The maximum atomic E-state index is 13.4. The molecule has 1 aromatic rings. The summed E-state index contributed by atoms with van der Waals surface area (Å²) in [4.78, 5) is 61.7. The number of ether oxygens (including phenoxy) is 14. The van der Waals surface area contributed by atoms with Gasteiger partial charge in [-0.15, -0.1) is 0 Å². The van der Waals surface area contributed by atoms with Gasteiger partial charge in [-0.25, -0.2) is 44.3 Å². The molecule has 0 bridgehead atoms. The van der Waals surface area contributed by atoms with Gasteiger partial charge in [0.25, 0.3) is 5.69 Å². The van der Waals surface area contributed by atoms with E-state index in [1.807, 2.05) is 0 Å². The Hall–Kier alpha value is -5.75. The van der Waals surface area contributed by atoms with Crippen LogP contribution in [0.4, 0.5) is 5.69 Å². The fourth-order valence-corrected chi connectivity index (χ4v) is 17.0. The number of nitrogens with zero attached hydrogens (tertiary/aromatic N) is 1. The van der Waals surface area contributed by atoms with E-state index in [1.165, 1.54) is 4.72 Å². The Kier molecular flexibility index (Phi) is 34.4. The van der Waals surface area contributed by atoms with Crippen LogP contribution < -0.4 is 18.9 Å². The highest BCUT2D eigenvalue weighted by molar-refractivity contribution is 7.84. The average Bonchev–Trinajstić information content (AvgIpc) is 0.752. The number of nitro benzene ring substituents is 1. The Morgan fingerprint density at radius 2 is 0.606 bits per heavy atom. The van der Waals surface area contributed by atoms with E-state index in [2.05, 4.69) is 25.1 Å². The largest absolute Gasteiger partial charge is 0.479 e. The van der Waals surface area contributed by atoms with E-state index in [4.69, 9.17) is 66.3 Å². The molecule has 1 aromatic carbocycles. The van der Waals surface area contributed by atoms with Gasteiger partial charge in [0.2, 0.25) is 6.29 Å². The van der Waals surface area contributed by atoms with Gasteiger partial charge < -0.3 is 133 Å². The molecule has 0 spiro atoms. The molecule has 8 rings (SSSR count). The molecule has 7 saturated heterocycles. The summed E-state index contributed by atoms with van der Waals surface area (Å²) < 4.78 is 419. The fraction of sp³-hybridized carbons (Fsp3) is 0.792. The van der Waals surface area contributed by atoms with Crippen molar-refractivity contribution in [1.29, 1.82) is 0 Å². The number of non-ortho nitro benzene ring substituents is 1. The second-order valence-corrected chi connectivity index (χ2v) is 36.5. The minimum absolute atomic E-state index is 0.441. The lowest BCUT2D eigenvalue weighted by Crippen LogP contribution is -2.72. The Bertz CT molecular complexity index is 5170. The predicted molar refractivity (Wildman–Crippen MR) is 365 cm³/mol. The maximum absolute atomic E-state index is 13.4. The van der Waals surface area contributed by atoms with Crippen molar-refractivity contribution in [2.45, 2.75) is 215 Å². The van der Waals surface area contributed by atoms with Crippen LogP contribution in [0.15, 0.2) is 24.3 Å². The Morgan fingerprint density at radius 1 is 0.315 bits per heavy atom. The number of aliphatic hydroxyl groups is 9. The number of nitrogens with one attached hydrogen (secondary N) is 3. The van der Waals surface area contributed by atoms with Crippen molar-refractivity contribution in [1.82, 2.24) is 14.2 Å². The van der Waals surface area contributed by atoms with Gasteiger partial charge in [-0.05, 0) is 12.1 Å². The van der Waals surface area contributed by atoms with Crippen molar-refractivity contribution in [2.75, 3.05) is 19.8 Å². The first-order valence-corrected chi connectivity index (χ1v) is 45.9. The summed E-state index contributed by atoms with van der Waals surface area (Å²) in [6, 6.07) is -6.21. The lowest BCUT2D eigenvalue weighted by Gasteiger charge is -2.51. The van der Waals surface area contributed by atoms with Gasteiger partial charge >= 0.3 is 117 Å². The number of carboxylic acids is 4. The quantitative estimate of drug-likeness (QED) is 0.0165. The van der Waals surface area contributed by atoms with Gasteiger partial charge in [0.15, 0.2) is 74.4 Å². The fourth-order valence-electron chi connectivity index (χ4n) is 12.8. The molecule has 0 aliphatic carbocycles. The van der Waals surface area contributed by atoms with E-state index >= 15 is 0 Å². The van der Waals surface area contributed by atoms with Crippen LogP contribution in [0.1, 0.15) is 0 Å². The first-order valence-electron chi connectivity index (χ1n) is 33.4. The number of nitro groups is 1. The maximum Gasteiger partial charge on any atom is 0.397 e. The minimum atomic E-state index is -6.67. The molecule has 0 amide bonds. The molecule has 25 N–H and O–H groups in total. The second kappa shape index (κ2) is 41.0. The van der Waals surface area contributed by atoms with Crippen LogP contribution in [0, 0.1) is 10.1 Å². The van der Waals surface area contributed by atoms with Crippen LogP contribution >= 0.6 is 0 Å². The zero-order valence-corrected chi connectivity index (χ0v) is 68.4. The number of hydrogen-bond donors (Lipinski definition) is 25. The zero-order chi connectivity index (χ0) is 96.0. The number of aliphatic carboxylic acids is 4. The molecule has 0 aromatic heterocycles. The van der Waals surface area contributed by atoms with Gasteiger partial charge in [-0.1, -0.05) is 0 Å². The van der Waals surface area contributed by atoms with E-state index in [9.17, 15) is 212 Å². The van der Waals surface area contributed by atoms with E-state index in [0.29, 0.717) is 0 Å². The highest BCUT2D eigenvalue weighted by Crippen LogP contribution is 2.42. The zero-order valence-electron chi connectivity index (χ0n) is 61.1. The lowest BCUT2D eigenvalue weighted by atomic mass is 9.94. The average molecular weight is 2050 g/mol. The van der Waals surface area contributed by atoms with Crippen molar-refractivity contribution >= 4 is 123 Å². The van der Waals surface area contributed by atoms with Crippen molar-refractivity contribution in [3.63, 3.8) is 0 Å². The molecule has 7 aliphatic rings. The summed E-state index contributed by atoms with van der Waals surface area (Å²) in [6.07, 6.45) is -99.3. The highest BCUT2D eigenvalue weighted by atomic mass is 32.3. The molecule has 7 heterocycles. The summed E-state index contributed by atoms with van der Waals surface area (Å²) in [7, 11) is -56.0. The standard InChI is InChI=1S/C48H70N4O66S9/c53-16-13(49-119(72,73)74)43(103-10(5-99-122(81,82)83)25(16)106-46-21(58)18(55)19(56)32(112-46)38(62)63)110-30-23(60)34(118-127(96,97)98)48(115-36(30)40(66)67)108-27-12(7-101-124(87,88)89)105-44(15(51-121(78,79)80)28(27)116-125(90,91)92)111-31-24(61)33(117-126(93,94)95)47(114-37(31)41(68)69)107-26-11(6-100-123(84,85)86)104-42(14(17(26)54)50-120(75,76)77)109-29-20(57)22(59)45(113-35(29)39(64)65)102-9-3-1-8(2-4-9)52(70)71/h1-4,10-37,42-51,53-61H,5-7H2,(H,62,63)(H,64,65)(H,66,67)(H,68,69)(H,72,73,74)(H,75,76,77)(H,78,79,80)(H,81,82,83)(H,84,85,86)(H,87,88,89)(H,90,91,92)(H,93,94,95)(H,96,97,98)/t10-,11-,12-,13-,14-,15-,16-,17-,18+,19+,20-,21-,22-,23+,24+,25-,26+,27-,28-,29+,30-,31+,32+,33-,34-,35+,36-,37+,42-,43-,44-,45-,46-,47-,48-/m1/s1. The molecule has 127 heavy (non-hydrogen) atoms. The number of carboxylic acid groups (broad SMARTS) is 4. The highest BCUT2D eigenvalue weighted by Gasteiger charge is 2.64.